The van der Waals surface area contributed by atoms with E-state index >= 15 is 0 Å². The molecule has 0 amide bonds. The number of aromatic nitrogens is 1. The summed E-state index contributed by atoms with van der Waals surface area (Å²) in [5.41, 5.74) is 7.54. The van der Waals surface area contributed by atoms with Crippen LogP contribution in [0.3, 0.4) is 0 Å². The number of nitrogens with one attached hydrogen (secondary N) is 1. The summed E-state index contributed by atoms with van der Waals surface area (Å²) >= 11 is 0. The second-order valence-corrected chi connectivity index (χ2v) is 6.55. The van der Waals surface area contributed by atoms with E-state index in [1.807, 2.05) is 19.1 Å². The summed E-state index contributed by atoms with van der Waals surface area (Å²) in [6.45, 7) is 7.51. The van der Waals surface area contributed by atoms with Gasteiger partial charge in [0.1, 0.15) is 11.7 Å². The maximum absolute atomic E-state index is 7.84. The number of anilines is 1. The van der Waals surface area contributed by atoms with E-state index in [0.717, 1.165) is 30.0 Å². The van der Waals surface area contributed by atoms with Crippen molar-refractivity contribution in [1.82, 2.24) is 4.98 Å². The first kappa shape index (κ1) is 15.8. The monoisotopic (exact) mass is 288 g/mol. The lowest BCUT2D eigenvalue weighted by atomic mass is 10.1. The Morgan fingerprint density at radius 3 is 2.62 bits per heavy atom. The van der Waals surface area contributed by atoms with E-state index in [1.54, 1.807) is 0 Å². The van der Waals surface area contributed by atoms with Crippen molar-refractivity contribution >= 4 is 11.7 Å². The van der Waals surface area contributed by atoms with Crippen LogP contribution in [0, 0.1) is 18.3 Å². The van der Waals surface area contributed by atoms with E-state index in [2.05, 4.69) is 18.7 Å². The summed E-state index contributed by atoms with van der Waals surface area (Å²) < 4.78 is 0. The molecular weight excluding hydrogens is 260 g/mol. The van der Waals surface area contributed by atoms with E-state index < -0.39 is 0 Å². The highest BCUT2D eigenvalue weighted by molar-refractivity contribution is 5.99. The predicted molar refractivity (Wildman–Crippen MR) is 89.0 cm³/mol. The van der Waals surface area contributed by atoms with Gasteiger partial charge in [0.05, 0.1) is 5.56 Å². The Hall–Kier alpha value is -1.58. The van der Waals surface area contributed by atoms with Crippen LogP contribution < -0.4 is 10.6 Å². The molecule has 0 saturated heterocycles. The van der Waals surface area contributed by atoms with Crippen molar-refractivity contribution in [3.05, 3.63) is 23.4 Å². The zero-order chi connectivity index (χ0) is 15.4. The van der Waals surface area contributed by atoms with Gasteiger partial charge in [0, 0.05) is 18.3 Å². The summed E-state index contributed by atoms with van der Waals surface area (Å²) in [4.78, 5) is 7.14. The highest BCUT2D eigenvalue weighted by Gasteiger charge is 2.26. The molecule has 0 unspecified atom stereocenters. The molecule has 1 aliphatic carbocycles. The van der Waals surface area contributed by atoms with Crippen molar-refractivity contribution < 1.29 is 0 Å². The van der Waals surface area contributed by atoms with Crippen LogP contribution >= 0.6 is 0 Å². The molecule has 1 aromatic rings. The van der Waals surface area contributed by atoms with Gasteiger partial charge < -0.3 is 10.6 Å². The summed E-state index contributed by atoms with van der Waals surface area (Å²) in [6.07, 6.45) is 6.19. The second kappa shape index (κ2) is 6.92. The van der Waals surface area contributed by atoms with Crippen molar-refractivity contribution in [2.75, 3.05) is 11.4 Å². The number of hydrogen-bond acceptors (Lipinski definition) is 3. The first-order valence-electron chi connectivity index (χ1n) is 8.07. The molecule has 1 fully saturated rings. The third-order valence-corrected chi connectivity index (χ3v) is 4.29. The number of nitrogens with zero attached hydrogens (tertiary/aromatic N) is 2. The Balaban J connectivity index is 2.34. The van der Waals surface area contributed by atoms with Crippen molar-refractivity contribution in [3.63, 3.8) is 0 Å². The van der Waals surface area contributed by atoms with E-state index in [0.29, 0.717) is 12.0 Å². The SMILES string of the molecule is Cc1ccc(C(=N)N)c(N(CCC(C)C)C2CCCC2)n1. The summed E-state index contributed by atoms with van der Waals surface area (Å²) in [5.74, 6) is 1.69. The standard InChI is InChI=1S/C17H28N4/c1-12(2)10-11-21(14-6-4-5-7-14)17-15(16(18)19)9-8-13(3)20-17/h8-9,12,14H,4-7,10-11H2,1-3H3,(H3,18,19). The Bertz CT molecular complexity index is 490. The Morgan fingerprint density at radius 1 is 1.38 bits per heavy atom. The van der Waals surface area contributed by atoms with Crippen molar-refractivity contribution in [2.45, 2.75) is 58.9 Å². The van der Waals surface area contributed by atoms with Crippen LogP contribution in [-0.2, 0) is 0 Å². The third kappa shape index (κ3) is 3.96. The van der Waals surface area contributed by atoms with Crippen LogP contribution in [0.5, 0.6) is 0 Å². The normalized spacial score (nSPS) is 15.6. The minimum Gasteiger partial charge on any atom is -0.384 e. The van der Waals surface area contributed by atoms with Crippen molar-refractivity contribution in [3.8, 4) is 0 Å². The summed E-state index contributed by atoms with van der Waals surface area (Å²) in [7, 11) is 0. The van der Waals surface area contributed by atoms with Crippen LogP contribution in [0.1, 0.15) is 57.2 Å². The number of aryl methyl sites for hydroxylation is 1. The van der Waals surface area contributed by atoms with Gasteiger partial charge in [-0.05, 0) is 44.2 Å². The maximum Gasteiger partial charge on any atom is 0.140 e. The molecule has 1 heterocycles. The van der Waals surface area contributed by atoms with E-state index in [-0.39, 0.29) is 5.84 Å². The van der Waals surface area contributed by atoms with Gasteiger partial charge in [0.2, 0.25) is 0 Å². The smallest absolute Gasteiger partial charge is 0.140 e. The number of nitrogen functional groups attached to an aromatic ring is 1. The Kier molecular flexibility index (Phi) is 5.21. The molecule has 1 aliphatic rings. The van der Waals surface area contributed by atoms with Gasteiger partial charge >= 0.3 is 0 Å². The van der Waals surface area contributed by atoms with Gasteiger partial charge in [0.25, 0.3) is 0 Å². The molecule has 3 N–H and O–H groups in total. The van der Waals surface area contributed by atoms with Crippen LogP contribution in [0.25, 0.3) is 0 Å². The van der Waals surface area contributed by atoms with Crippen LogP contribution in [-0.4, -0.2) is 23.4 Å². The Labute approximate surface area is 128 Å². The van der Waals surface area contributed by atoms with Crippen molar-refractivity contribution in [1.29, 1.82) is 5.41 Å². The maximum atomic E-state index is 7.84. The molecular formula is C17H28N4. The fourth-order valence-corrected chi connectivity index (χ4v) is 3.05. The van der Waals surface area contributed by atoms with E-state index in [4.69, 9.17) is 16.1 Å². The lowest BCUT2D eigenvalue weighted by Gasteiger charge is -2.32. The average molecular weight is 288 g/mol. The lowest BCUT2D eigenvalue weighted by Crippen LogP contribution is -2.37. The van der Waals surface area contributed by atoms with Crippen LogP contribution in [0.2, 0.25) is 0 Å². The summed E-state index contributed by atoms with van der Waals surface area (Å²) in [6, 6.07) is 4.43. The van der Waals surface area contributed by atoms with Gasteiger partial charge in [-0.15, -0.1) is 0 Å². The molecule has 116 valence electrons. The molecule has 0 bridgehead atoms. The molecule has 2 rings (SSSR count). The number of rotatable bonds is 6. The fraction of sp³-hybridized carbons (Fsp3) is 0.647. The zero-order valence-electron chi connectivity index (χ0n) is 13.5. The molecule has 1 aromatic heterocycles. The largest absolute Gasteiger partial charge is 0.384 e. The molecule has 0 spiro atoms. The molecule has 0 aromatic carbocycles. The highest BCUT2D eigenvalue weighted by atomic mass is 15.2. The first-order valence-corrected chi connectivity index (χ1v) is 8.07. The number of amidine groups is 1. The van der Waals surface area contributed by atoms with Gasteiger partial charge in [0.15, 0.2) is 0 Å². The molecule has 4 nitrogen and oxygen atoms in total. The zero-order valence-corrected chi connectivity index (χ0v) is 13.5. The molecule has 21 heavy (non-hydrogen) atoms. The third-order valence-electron chi connectivity index (χ3n) is 4.29. The predicted octanol–water partition coefficient (Wildman–Crippen LogP) is 3.47. The molecule has 4 heteroatoms. The average Bonchev–Trinajstić information content (AvgIpc) is 2.92. The second-order valence-electron chi connectivity index (χ2n) is 6.55. The number of hydrogen-bond donors (Lipinski definition) is 2. The van der Waals surface area contributed by atoms with Gasteiger partial charge in [-0.2, -0.15) is 0 Å². The van der Waals surface area contributed by atoms with Gasteiger partial charge in [-0.25, -0.2) is 4.98 Å². The number of pyridine rings is 1. The van der Waals surface area contributed by atoms with E-state index in [9.17, 15) is 0 Å². The quantitative estimate of drug-likeness (QED) is 0.622. The minimum absolute atomic E-state index is 0.116. The number of nitrogens with two attached hydrogens (primary N) is 1. The molecule has 0 aliphatic heterocycles. The lowest BCUT2D eigenvalue weighted by molar-refractivity contribution is 0.524. The molecule has 0 atom stereocenters. The van der Waals surface area contributed by atoms with Gasteiger partial charge in [-0.3, -0.25) is 5.41 Å². The topological polar surface area (TPSA) is 66.0 Å². The fourth-order valence-electron chi connectivity index (χ4n) is 3.05. The molecule has 0 radical (unpaired) electrons. The summed E-state index contributed by atoms with van der Waals surface area (Å²) in [5, 5.41) is 7.84. The van der Waals surface area contributed by atoms with Crippen LogP contribution in [0.15, 0.2) is 12.1 Å². The molecule has 1 saturated carbocycles. The van der Waals surface area contributed by atoms with Gasteiger partial charge in [-0.1, -0.05) is 26.7 Å². The minimum atomic E-state index is 0.116. The van der Waals surface area contributed by atoms with Crippen LogP contribution in [0.4, 0.5) is 5.82 Å². The van der Waals surface area contributed by atoms with E-state index in [1.165, 1.54) is 25.7 Å². The first-order chi connectivity index (χ1) is 9.99. The van der Waals surface area contributed by atoms with Crippen molar-refractivity contribution in [2.24, 2.45) is 11.7 Å². The highest BCUT2D eigenvalue weighted by Crippen LogP contribution is 2.30. The Morgan fingerprint density at radius 2 is 2.05 bits per heavy atom.